The molecule has 1 aromatic carbocycles. The highest BCUT2D eigenvalue weighted by molar-refractivity contribution is 6.42. The van der Waals surface area contributed by atoms with Crippen LogP contribution >= 0.6 is 23.2 Å². The van der Waals surface area contributed by atoms with Gasteiger partial charge in [-0.1, -0.05) is 29.3 Å². The van der Waals surface area contributed by atoms with Crippen molar-refractivity contribution in [3.8, 4) is 22.4 Å². The Morgan fingerprint density at radius 1 is 1.03 bits per heavy atom. The SMILES string of the molecule is CC(C)N1CCCC1C(C)(C)Nc1nc(-c2ccncc2)c(-c2ccc(Cl)c(Cl)c2)c2nccn12. The van der Waals surface area contributed by atoms with E-state index < -0.39 is 0 Å². The summed E-state index contributed by atoms with van der Waals surface area (Å²) in [5, 5.41) is 4.80. The number of rotatable bonds is 6. The smallest absolute Gasteiger partial charge is 0.209 e. The zero-order valence-electron chi connectivity index (χ0n) is 20.5. The van der Waals surface area contributed by atoms with Gasteiger partial charge in [-0.05, 0) is 76.9 Å². The van der Waals surface area contributed by atoms with E-state index in [4.69, 9.17) is 33.2 Å². The maximum Gasteiger partial charge on any atom is 0.209 e. The first-order valence-corrected chi connectivity index (χ1v) is 12.8. The average Bonchev–Trinajstić information content (AvgIpc) is 3.52. The molecule has 0 amide bonds. The number of benzene rings is 1. The van der Waals surface area contributed by atoms with E-state index in [0.717, 1.165) is 46.9 Å². The van der Waals surface area contributed by atoms with Crippen LogP contribution in [0.5, 0.6) is 0 Å². The second-order valence-corrected chi connectivity index (χ2v) is 10.8. The summed E-state index contributed by atoms with van der Waals surface area (Å²) in [5.74, 6) is 0.758. The van der Waals surface area contributed by atoms with Crippen molar-refractivity contribution in [2.75, 3.05) is 11.9 Å². The van der Waals surface area contributed by atoms with E-state index in [9.17, 15) is 0 Å². The van der Waals surface area contributed by atoms with Gasteiger partial charge in [0.15, 0.2) is 0 Å². The molecule has 1 N–H and O–H groups in total. The monoisotopic (exact) mass is 508 g/mol. The minimum Gasteiger partial charge on any atom is -0.349 e. The summed E-state index contributed by atoms with van der Waals surface area (Å²) in [6.07, 6.45) is 9.68. The highest BCUT2D eigenvalue weighted by Gasteiger charge is 2.39. The van der Waals surface area contributed by atoms with Crippen molar-refractivity contribution in [2.45, 2.75) is 58.2 Å². The van der Waals surface area contributed by atoms with E-state index in [1.807, 2.05) is 47.1 Å². The molecular weight excluding hydrogens is 479 g/mol. The third-order valence-corrected chi connectivity index (χ3v) is 7.67. The van der Waals surface area contributed by atoms with Crippen molar-refractivity contribution in [1.29, 1.82) is 0 Å². The molecule has 1 atom stereocenters. The van der Waals surface area contributed by atoms with Crippen LogP contribution in [0.1, 0.15) is 40.5 Å². The molecule has 182 valence electrons. The van der Waals surface area contributed by atoms with Gasteiger partial charge in [0.25, 0.3) is 0 Å². The van der Waals surface area contributed by atoms with Crippen LogP contribution in [-0.2, 0) is 0 Å². The largest absolute Gasteiger partial charge is 0.349 e. The first kappa shape index (κ1) is 24.0. The predicted molar refractivity (Wildman–Crippen MR) is 144 cm³/mol. The van der Waals surface area contributed by atoms with Crippen molar-refractivity contribution in [3.05, 3.63) is 65.2 Å². The molecule has 0 spiro atoms. The Hall–Kier alpha value is -2.67. The number of halogens is 2. The molecule has 1 aliphatic heterocycles. The number of hydrogen-bond acceptors (Lipinski definition) is 5. The Morgan fingerprint density at radius 2 is 1.80 bits per heavy atom. The maximum atomic E-state index is 6.41. The molecule has 0 saturated carbocycles. The summed E-state index contributed by atoms with van der Waals surface area (Å²) < 4.78 is 2.03. The van der Waals surface area contributed by atoms with E-state index in [1.165, 1.54) is 6.42 Å². The van der Waals surface area contributed by atoms with Crippen LogP contribution in [-0.4, -0.2) is 48.4 Å². The summed E-state index contributed by atoms with van der Waals surface area (Å²) >= 11 is 12.6. The Kier molecular flexibility index (Phi) is 6.47. The Balaban J connectivity index is 1.68. The number of pyridine rings is 1. The van der Waals surface area contributed by atoms with Gasteiger partial charge < -0.3 is 5.32 Å². The van der Waals surface area contributed by atoms with Gasteiger partial charge in [-0.25, -0.2) is 9.97 Å². The predicted octanol–water partition coefficient (Wildman–Crippen LogP) is 6.83. The molecule has 6 nitrogen and oxygen atoms in total. The minimum absolute atomic E-state index is 0.203. The zero-order chi connectivity index (χ0) is 24.7. The van der Waals surface area contributed by atoms with Gasteiger partial charge in [0, 0.05) is 42.4 Å². The zero-order valence-corrected chi connectivity index (χ0v) is 22.0. The highest BCUT2D eigenvalue weighted by Crippen LogP contribution is 2.39. The lowest BCUT2D eigenvalue weighted by molar-refractivity contribution is 0.156. The first-order chi connectivity index (χ1) is 16.8. The summed E-state index contributed by atoms with van der Waals surface area (Å²) in [7, 11) is 0. The van der Waals surface area contributed by atoms with Gasteiger partial charge in [0.2, 0.25) is 5.95 Å². The molecule has 1 aliphatic rings. The molecule has 1 fully saturated rings. The van der Waals surface area contributed by atoms with E-state index in [-0.39, 0.29) is 5.54 Å². The Morgan fingerprint density at radius 3 is 2.51 bits per heavy atom. The quantitative estimate of drug-likeness (QED) is 0.309. The maximum absolute atomic E-state index is 6.41. The molecule has 4 aromatic rings. The summed E-state index contributed by atoms with van der Waals surface area (Å²) in [5.41, 5.74) is 4.17. The second-order valence-electron chi connectivity index (χ2n) is 9.98. The van der Waals surface area contributed by atoms with Gasteiger partial charge in [0.05, 0.1) is 26.8 Å². The molecule has 35 heavy (non-hydrogen) atoms. The van der Waals surface area contributed by atoms with Gasteiger partial charge in [0.1, 0.15) is 5.65 Å². The normalized spacial score (nSPS) is 16.9. The van der Waals surface area contributed by atoms with Crippen molar-refractivity contribution >= 4 is 34.8 Å². The minimum atomic E-state index is -0.203. The van der Waals surface area contributed by atoms with E-state index in [0.29, 0.717) is 22.1 Å². The highest BCUT2D eigenvalue weighted by atomic mass is 35.5. The first-order valence-electron chi connectivity index (χ1n) is 12.0. The number of hydrogen-bond donors (Lipinski definition) is 1. The van der Waals surface area contributed by atoms with Crippen molar-refractivity contribution in [1.82, 2.24) is 24.3 Å². The molecule has 4 heterocycles. The van der Waals surface area contributed by atoms with E-state index in [1.54, 1.807) is 12.4 Å². The fourth-order valence-corrected chi connectivity index (χ4v) is 5.56. The van der Waals surface area contributed by atoms with Crippen LogP contribution in [0.4, 0.5) is 5.95 Å². The molecule has 3 aromatic heterocycles. The lowest BCUT2D eigenvalue weighted by Gasteiger charge is -2.40. The molecule has 5 rings (SSSR count). The average molecular weight is 509 g/mol. The van der Waals surface area contributed by atoms with E-state index >= 15 is 0 Å². The Labute approximate surface area is 216 Å². The van der Waals surface area contributed by atoms with Crippen LogP contribution in [0.2, 0.25) is 10.0 Å². The standard InChI is InChI=1S/C27H30Cl2N6/c1-17(2)34-14-5-6-22(34)27(3,4)33-26-32-24(18-9-11-30-12-10-18)23(25-31-13-15-35(25)26)19-7-8-20(28)21(29)16-19/h7-13,15-17,22H,5-6,14H2,1-4H3,(H,32,33). The third-order valence-electron chi connectivity index (χ3n) is 6.93. The fraction of sp³-hybridized carbons (Fsp3) is 0.370. The Bertz CT molecular complexity index is 1350. The number of aromatic nitrogens is 4. The van der Waals surface area contributed by atoms with Crippen LogP contribution in [0, 0.1) is 0 Å². The van der Waals surface area contributed by atoms with Crippen molar-refractivity contribution < 1.29 is 0 Å². The van der Waals surface area contributed by atoms with Gasteiger partial charge in [-0.2, -0.15) is 0 Å². The second kappa shape index (κ2) is 9.41. The van der Waals surface area contributed by atoms with Crippen molar-refractivity contribution in [2.24, 2.45) is 0 Å². The molecule has 0 aliphatic carbocycles. The van der Waals surface area contributed by atoms with Crippen LogP contribution in [0.3, 0.4) is 0 Å². The number of imidazole rings is 1. The summed E-state index contributed by atoms with van der Waals surface area (Å²) in [4.78, 5) is 16.7. The fourth-order valence-electron chi connectivity index (χ4n) is 5.26. The molecule has 0 bridgehead atoms. The number of nitrogens with one attached hydrogen (secondary N) is 1. The summed E-state index contributed by atoms with van der Waals surface area (Å²) in [6, 6.07) is 10.5. The van der Waals surface area contributed by atoms with Gasteiger partial charge >= 0.3 is 0 Å². The third kappa shape index (κ3) is 4.51. The van der Waals surface area contributed by atoms with Crippen LogP contribution in [0.25, 0.3) is 28.0 Å². The number of fused-ring (bicyclic) bond motifs is 1. The lowest BCUT2D eigenvalue weighted by Crippen LogP contribution is -2.53. The molecular formula is C27H30Cl2N6. The summed E-state index contributed by atoms with van der Waals surface area (Å²) in [6.45, 7) is 10.2. The molecule has 1 saturated heterocycles. The molecule has 1 unspecified atom stereocenters. The topological polar surface area (TPSA) is 58.3 Å². The van der Waals surface area contributed by atoms with Gasteiger partial charge in [-0.15, -0.1) is 0 Å². The number of likely N-dealkylation sites (tertiary alicyclic amines) is 1. The van der Waals surface area contributed by atoms with Crippen molar-refractivity contribution in [3.63, 3.8) is 0 Å². The number of anilines is 1. The molecule has 0 radical (unpaired) electrons. The number of nitrogens with zero attached hydrogens (tertiary/aromatic N) is 5. The molecule has 8 heteroatoms. The lowest BCUT2D eigenvalue weighted by atomic mass is 9.92. The van der Waals surface area contributed by atoms with Gasteiger partial charge in [-0.3, -0.25) is 14.3 Å². The van der Waals surface area contributed by atoms with Crippen LogP contribution in [0.15, 0.2) is 55.1 Å². The van der Waals surface area contributed by atoms with E-state index in [2.05, 4.69) is 42.9 Å². The van der Waals surface area contributed by atoms with Crippen LogP contribution < -0.4 is 5.32 Å².